The molecule has 1 saturated carbocycles. The van der Waals surface area contributed by atoms with Crippen molar-refractivity contribution in [3.63, 3.8) is 0 Å². The lowest BCUT2D eigenvalue weighted by molar-refractivity contribution is -0.160. The minimum Gasteiger partial charge on any atom is -0.368 e. The van der Waals surface area contributed by atoms with E-state index in [1.165, 1.54) is 0 Å². The Morgan fingerprint density at radius 2 is 2.15 bits per heavy atom. The average molecular weight is 375 g/mol. The molecule has 0 spiro atoms. The Kier molecular flexibility index (Phi) is 4.41. The maximum Gasteiger partial charge on any atom is 0.266 e. The number of carbonyl (C=O) groups is 2. The number of pyridine rings is 1. The molecule has 10 heteroatoms. The minimum absolute atomic E-state index is 0.0889. The average Bonchev–Trinajstić information content (AvgIpc) is 2.79. The molecule has 0 unspecified atom stereocenters. The molecule has 0 saturated heterocycles. The maximum absolute atomic E-state index is 14.6. The predicted molar refractivity (Wildman–Crippen MR) is 81.3 cm³/mol. The van der Waals surface area contributed by atoms with Gasteiger partial charge >= 0.3 is 0 Å². The molecule has 2 amide bonds. The summed E-state index contributed by atoms with van der Waals surface area (Å²) in [5.74, 6) is -9.15. The second-order valence-corrected chi connectivity index (χ2v) is 6.57. The van der Waals surface area contributed by atoms with E-state index >= 15 is 0 Å². The van der Waals surface area contributed by atoms with Crippen LogP contribution in [-0.2, 0) is 19.9 Å². The van der Waals surface area contributed by atoms with Gasteiger partial charge in [-0.2, -0.15) is 0 Å². The lowest BCUT2D eigenvalue weighted by atomic mass is 9.72. The molecule has 6 nitrogen and oxygen atoms in total. The molecule has 2 atom stereocenters. The van der Waals surface area contributed by atoms with Crippen LogP contribution < -0.4 is 10.6 Å². The number of nitrogens with two attached hydrogens (primary N) is 1. The van der Waals surface area contributed by atoms with Crippen LogP contribution in [0.2, 0.25) is 0 Å². The molecule has 1 aliphatic heterocycles. The third-order valence-electron chi connectivity index (χ3n) is 4.99. The highest BCUT2D eigenvalue weighted by Gasteiger charge is 2.61. The Morgan fingerprint density at radius 3 is 2.73 bits per heavy atom. The van der Waals surface area contributed by atoms with Crippen LogP contribution in [-0.4, -0.2) is 36.4 Å². The van der Waals surface area contributed by atoms with Crippen LogP contribution in [0.1, 0.15) is 31.2 Å². The lowest BCUT2D eigenvalue weighted by Gasteiger charge is -2.39. The number of rotatable bonds is 4. The number of halogens is 4. The number of alkyl halides is 2. The van der Waals surface area contributed by atoms with E-state index in [2.05, 4.69) is 4.98 Å². The van der Waals surface area contributed by atoms with Gasteiger partial charge in [0, 0.05) is 25.9 Å². The van der Waals surface area contributed by atoms with E-state index in [-0.39, 0.29) is 25.1 Å². The van der Waals surface area contributed by atoms with E-state index in [0.29, 0.717) is 6.20 Å². The fourth-order valence-corrected chi connectivity index (χ4v) is 3.95. The zero-order valence-electron chi connectivity index (χ0n) is 13.9. The van der Waals surface area contributed by atoms with Gasteiger partial charge < -0.3 is 10.5 Å². The summed E-state index contributed by atoms with van der Waals surface area (Å²) in [5, 5.41) is 0. The van der Waals surface area contributed by atoms with Crippen molar-refractivity contribution in [2.75, 3.05) is 18.6 Å². The van der Waals surface area contributed by atoms with Gasteiger partial charge in [0.15, 0.2) is 17.2 Å². The van der Waals surface area contributed by atoms with Gasteiger partial charge in [-0.05, 0) is 12.8 Å². The van der Waals surface area contributed by atoms with Gasteiger partial charge in [-0.3, -0.25) is 14.5 Å². The molecule has 0 aromatic carbocycles. The fourth-order valence-electron chi connectivity index (χ4n) is 3.95. The van der Waals surface area contributed by atoms with E-state index in [9.17, 15) is 27.2 Å². The standard InChI is InChI=1S/C16H17F4N3O3/c1-26-16(8-3-2-4-15(19,20)5-8)11-12(18)9(17)6-22-13(11)23(14(16)25)7-10(21)24/h6,8H,2-5,7H2,1H3,(H2,21,24)/t8-,16-/m0/s1. The summed E-state index contributed by atoms with van der Waals surface area (Å²) in [4.78, 5) is 28.8. The zero-order chi connectivity index (χ0) is 19.3. The summed E-state index contributed by atoms with van der Waals surface area (Å²) < 4.78 is 61.7. The van der Waals surface area contributed by atoms with Crippen molar-refractivity contribution in [3.8, 4) is 0 Å². The molecule has 2 aliphatic rings. The molecule has 1 fully saturated rings. The number of hydrogen-bond acceptors (Lipinski definition) is 4. The second kappa shape index (κ2) is 6.19. The maximum atomic E-state index is 14.6. The van der Waals surface area contributed by atoms with Crippen LogP contribution in [0.15, 0.2) is 6.20 Å². The largest absolute Gasteiger partial charge is 0.368 e. The molecule has 1 aromatic rings. The zero-order valence-corrected chi connectivity index (χ0v) is 13.9. The van der Waals surface area contributed by atoms with Crippen molar-refractivity contribution in [1.82, 2.24) is 4.98 Å². The van der Waals surface area contributed by atoms with E-state index in [4.69, 9.17) is 10.5 Å². The highest BCUT2D eigenvalue weighted by Crippen LogP contribution is 2.53. The number of ether oxygens (including phenoxy) is 1. The molecule has 1 aromatic heterocycles. The number of anilines is 1. The number of amides is 2. The fraction of sp³-hybridized carbons (Fsp3) is 0.562. The van der Waals surface area contributed by atoms with Crippen molar-refractivity contribution in [2.24, 2.45) is 11.7 Å². The summed E-state index contributed by atoms with van der Waals surface area (Å²) in [6, 6.07) is 0. The number of nitrogens with zero attached hydrogens (tertiary/aromatic N) is 2. The smallest absolute Gasteiger partial charge is 0.266 e. The monoisotopic (exact) mass is 375 g/mol. The summed E-state index contributed by atoms with van der Waals surface area (Å²) in [6.45, 7) is -0.655. The number of methoxy groups -OCH3 is 1. The van der Waals surface area contributed by atoms with Crippen LogP contribution in [0.4, 0.5) is 23.4 Å². The van der Waals surface area contributed by atoms with Crippen LogP contribution in [0.5, 0.6) is 0 Å². The van der Waals surface area contributed by atoms with E-state index in [1.807, 2.05) is 0 Å². The van der Waals surface area contributed by atoms with Gasteiger partial charge in [-0.1, -0.05) is 0 Å². The van der Waals surface area contributed by atoms with Crippen molar-refractivity contribution in [3.05, 3.63) is 23.4 Å². The van der Waals surface area contributed by atoms with Gasteiger partial charge in [0.2, 0.25) is 11.8 Å². The van der Waals surface area contributed by atoms with E-state index in [0.717, 1.165) is 12.0 Å². The summed E-state index contributed by atoms with van der Waals surface area (Å²) in [7, 11) is 1.06. The third kappa shape index (κ3) is 2.63. The molecular formula is C16H17F4N3O3. The Morgan fingerprint density at radius 1 is 1.46 bits per heavy atom. The van der Waals surface area contributed by atoms with Gasteiger partial charge in [0.1, 0.15) is 12.4 Å². The molecule has 2 heterocycles. The molecule has 1 aliphatic carbocycles. The predicted octanol–water partition coefficient (Wildman–Crippen LogP) is 1.86. The van der Waals surface area contributed by atoms with Crippen LogP contribution in [0.25, 0.3) is 0 Å². The van der Waals surface area contributed by atoms with Crippen LogP contribution in [0, 0.1) is 17.6 Å². The van der Waals surface area contributed by atoms with E-state index < -0.39 is 59.4 Å². The summed E-state index contributed by atoms with van der Waals surface area (Å²) in [6.07, 6.45) is -0.303. The number of primary amides is 1. The molecule has 26 heavy (non-hydrogen) atoms. The Balaban J connectivity index is 2.21. The number of carbonyl (C=O) groups excluding carboxylic acids is 2. The topological polar surface area (TPSA) is 85.5 Å². The van der Waals surface area contributed by atoms with Crippen molar-refractivity contribution in [2.45, 2.75) is 37.2 Å². The quantitative estimate of drug-likeness (QED) is 0.814. The van der Waals surface area contributed by atoms with Gasteiger partial charge in [0.25, 0.3) is 5.91 Å². The molecule has 2 N–H and O–H groups in total. The second-order valence-electron chi connectivity index (χ2n) is 6.57. The van der Waals surface area contributed by atoms with Gasteiger partial charge in [0.05, 0.1) is 11.8 Å². The molecule has 3 rings (SSSR count). The highest BCUT2D eigenvalue weighted by molar-refractivity contribution is 6.09. The minimum atomic E-state index is -3.07. The molecule has 142 valence electrons. The molecule has 0 radical (unpaired) electrons. The summed E-state index contributed by atoms with van der Waals surface area (Å²) >= 11 is 0. The van der Waals surface area contributed by atoms with Crippen molar-refractivity contribution in [1.29, 1.82) is 0 Å². The van der Waals surface area contributed by atoms with E-state index in [1.54, 1.807) is 0 Å². The number of aromatic nitrogens is 1. The van der Waals surface area contributed by atoms with Crippen molar-refractivity contribution >= 4 is 17.6 Å². The van der Waals surface area contributed by atoms with Gasteiger partial charge in [-0.25, -0.2) is 22.5 Å². The SMILES string of the molecule is CO[C@]1([C@H]2CCCC(F)(F)C2)C(=O)N(CC(N)=O)c2ncc(F)c(F)c21. The van der Waals surface area contributed by atoms with Gasteiger partial charge in [-0.15, -0.1) is 0 Å². The Bertz CT molecular complexity index is 773. The normalized spacial score (nSPS) is 27.5. The number of hydrogen-bond donors (Lipinski definition) is 1. The molecular weight excluding hydrogens is 358 g/mol. The lowest BCUT2D eigenvalue weighted by Crippen LogP contribution is -2.51. The first-order valence-electron chi connectivity index (χ1n) is 8.01. The number of fused-ring (bicyclic) bond motifs is 1. The Labute approximate surface area is 146 Å². The van der Waals surface area contributed by atoms with Crippen molar-refractivity contribution < 1.29 is 31.9 Å². The highest BCUT2D eigenvalue weighted by atomic mass is 19.3. The first kappa shape index (κ1) is 18.6. The van der Waals surface area contributed by atoms with Crippen LogP contribution >= 0.6 is 0 Å². The molecule has 0 bridgehead atoms. The Hall–Kier alpha value is -2.23. The first-order valence-corrected chi connectivity index (χ1v) is 8.01. The van der Waals surface area contributed by atoms with Crippen LogP contribution in [0.3, 0.4) is 0 Å². The first-order chi connectivity index (χ1) is 12.1. The summed E-state index contributed by atoms with van der Waals surface area (Å²) in [5.41, 5.74) is 2.37. The third-order valence-corrected chi connectivity index (χ3v) is 4.99.